The first-order chi connectivity index (χ1) is 6.18. The van der Waals surface area contributed by atoms with Gasteiger partial charge in [-0.3, -0.25) is 4.98 Å². The molecule has 1 N–H and O–H groups in total. The van der Waals surface area contributed by atoms with Crippen LogP contribution in [0, 0.1) is 0 Å². The van der Waals surface area contributed by atoms with Crippen molar-refractivity contribution in [3.63, 3.8) is 0 Å². The van der Waals surface area contributed by atoms with Gasteiger partial charge >= 0.3 is 0 Å². The lowest BCUT2D eigenvalue weighted by molar-refractivity contribution is 0.222. The van der Waals surface area contributed by atoms with Gasteiger partial charge in [0.15, 0.2) is 0 Å². The highest BCUT2D eigenvalue weighted by Gasteiger charge is 2.03. The van der Waals surface area contributed by atoms with Crippen LogP contribution in [0.1, 0.15) is 5.69 Å². The lowest BCUT2D eigenvalue weighted by Gasteiger charge is -2.03. The van der Waals surface area contributed by atoms with Crippen LogP contribution in [0.25, 0.3) is 0 Å². The zero-order valence-electron chi connectivity index (χ0n) is 6.82. The molecular weight excluding hydrogens is 209 g/mol. The van der Waals surface area contributed by atoms with E-state index in [0.29, 0.717) is 6.42 Å². The number of hydrogen-bond acceptors (Lipinski definition) is 2. The highest BCUT2D eigenvalue weighted by molar-refractivity contribution is 6.55. The van der Waals surface area contributed by atoms with Crippen molar-refractivity contribution in [2.75, 3.05) is 0 Å². The molecule has 0 aromatic carbocycles. The van der Waals surface area contributed by atoms with Crippen LogP contribution >= 0.6 is 23.2 Å². The highest BCUT2D eigenvalue weighted by Crippen LogP contribution is 2.09. The van der Waals surface area contributed by atoms with E-state index in [1.807, 2.05) is 18.2 Å². The van der Waals surface area contributed by atoms with Crippen LogP contribution in [0.2, 0.25) is 0 Å². The lowest BCUT2D eigenvalue weighted by Crippen LogP contribution is -2.07. The minimum Gasteiger partial charge on any atom is -0.389 e. The molecule has 1 rings (SSSR count). The second-order valence-electron chi connectivity index (χ2n) is 2.55. The topological polar surface area (TPSA) is 33.1 Å². The van der Waals surface area contributed by atoms with Crippen molar-refractivity contribution >= 4 is 23.2 Å². The molecule has 1 aromatic rings. The van der Waals surface area contributed by atoms with Gasteiger partial charge < -0.3 is 5.11 Å². The highest BCUT2D eigenvalue weighted by atomic mass is 35.5. The standard InChI is InChI=1S/C9H9Cl2NO/c10-9(11)6-8(13)5-7-3-1-2-4-12-7/h1-4,6,8,13H,5H2. The lowest BCUT2D eigenvalue weighted by atomic mass is 10.2. The molecule has 1 aromatic heterocycles. The molecule has 0 radical (unpaired) electrons. The minimum absolute atomic E-state index is 0.0726. The van der Waals surface area contributed by atoms with E-state index in [9.17, 15) is 5.11 Å². The summed E-state index contributed by atoms with van der Waals surface area (Å²) in [7, 11) is 0. The Bertz CT molecular complexity index is 283. The van der Waals surface area contributed by atoms with E-state index in [1.54, 1.807) is 6.20 Å². The molecule has 0 aliphatic carbocycles. The Labute approximate surface area is 86.8 Å². The summed E-state index contributed by atoms with van der Waals surface area (Å²) in [5.74, 6) is 0. The quantitative estimate of drug-likeness (QED) is 0.844. The van der Waals surface area contributed by atoms with Gasteiger partial charge in [-0.1, -0.05) is 29.3 Å². The molecule has 0 bridgehead atoms. The van der Waals surface area contributed by atoms with Gasteiger partial charge in [0, 0.05) is 18.3 Å². The number of halogens is 2. The molecule has 0 saturated carbocycles. The molecule has 70 valence electrons. The van der Waals surface area contributed by atoms with Crippen LogP contribution in [-0.2, 0) is 6.42 Å². The van der Waals surface area contributed by atoms with Gasteiger partial charge in [-0.15, -0.1) is 0 Å². The maximum atomic E-state index is 9.39. The first-order valence-electron chi connectivity index (χ1n) is 3.79. The zero-order chi connectivity index (χ0) is 9.68. The van der Waals surface area contributed by atoms with E-state index in [0.717, 1.165) is 5.69 Å². The molecule has 0 saturated heterocycles. The summed E-state index contributed by atoms with van der Waals surface area (Å²) in [6.45, 7) is 0. The number of nitrogens with zero attached hydrogens (tertiary/aromatic N) is 1. The van der Waals surface area contributed by atoms with Gasteiger partial charge in [-0.25, -0.2) is 0 Å². The van der Waals surface area contributed by atoms with Crippen LogP contribution in [0.3, 0.4) is 0 Å². The molecule has 2 nitrogen and oxygen atoms in total. The Hall–Kier alpha value is -0.570. The van der Waals surface area contributed by atoms with E-state index in [1.165, 1.54) is 6.08 Å². The van der Waals surface area contributed by atoms with Crippen molar-refractivity contribution in [3.8, 4) is 0 Å². The fourth-order valence-electron chi connectivity index (χ4n) is 0.938. The van der Waals surface area contributed by atoms with Gasteiger partial charge in [0.1, 0.15) is 4.49 Å². The van der Waals surface area contributed by atoms with Crippen LogP contribution in [-0.4, -0.2) is 16.2 Å². The normalized spacial score (nSPS) is 12.2. The molecule has 1 heterocycles. The third-order valence-electron chi connectivity index (χ3n) is 1.46. The fourth-order valence-corrected chi connectivity index (χ4v) is 1.23. The molecule has 4 heteroatoms. The number of hydrogen-bond donors (Lipinski definition) is 1. The third kappa shape index (κ3) is 4.27. The molecule has 0 fully saturated rings. The Morgan fingerprint density at radius 2 is 2.31 bits per heavy atom. The zero-order valence-corrected chi connectivity index (χ0v) is 8.33. The monoisotopic (exact) mass is 217 g/mol. The molecule has 13 heavy (non-hydrogen) atoms. The van der Waals surface area contributed by atoms with Crippen molar-refractivity contribution in [2.45, 2.75) is 12.5 Å². The van der Waals surface area contributed by atoms with E-state index in [-0.39, 0.29) is 4.49 Å². The number of pyridine rings is 1. The Balaban J connectivity index is 2.55. The minimum atomic E-state index is -0.681. The SMILES string of the molecule is OC(C=C(Cl)Cl)Cc1ccccn1. The Morgan fingerprint density at radius 1 is 1.54 bits per heavy atom. The van der Waals surface area contributed by atoms with Crippen LogP contribution in [0.5, 0.6) is 0 Å². The van der Waals surface area contributed by atoms with Crippen LogP contribution in [0.4, 0.5) is 0 Å². The summed E-state index contributed by atoms with van der Waals surface area (Å²) in [6, 6.07) is 5.51. The molecule has 0 amide bonds. The van der Waals surface area contributed by atoms with Gasteiger partial charge in [-0.2, -0.15) is 0 Å². The van der Waals surface area contributed by atoms with Gasteiger partial charge in [0.2, 0.25) is 0 Å². The van der Waals surface area contributed by atoms with Crippen molar-refractivity contribution in [1.82, 2.24) is 4.98 Å². The predicted octanol–water partition coefficient (Wildman–Crippen LogP) is 2.30. The van der Waals surface area contributed by atoms with Crippen molar-refractivity contribution in [3.05, 3.63) is 40.7 Å². The van der Waals surface area contributed by atoms with Crippen molar-refractivity contribution in [1.29, 1.82) is 0 Å². The average molecular weight is 218 g/mol. The maximum Gasteiger partial charge on any atom is 0.105 e. The van der Waals surface area contributed by atoms with E-state index in [4.69, 9.17) is 23.2 Å². The molecule has 0 aliphatic rings. The number of rotatable bonds is 3. The second-order valence-corrected chi connectivity index (χ2v) is 3.56. The Kier molecular flexibility index (Phi) is 4.22. The smallest absolute Gasteiger partial charge is 0.105 e. The first kappa shape index (κ1) is 10.5. The molecule has 0 spiro atoms. The fraction of sp³-hybridized carbons (Fsp3) is 0.222. The van der Waals surface area contributed by atoms with E-state index < -0.39 is 6.10 Å². The van der Waals surface area contributed by atoms with Gasteiger partial charge in [-0.05, 0) is 18.2 Å². The summed E-state index contributed by atoms with van der Waals surface area (Å²) in [5, 5.41) is 9.39. The summed E-state index contributed by atoms with van der Waals surface area (Å²) < 4.78 is 0.0726. The van der Waals surface area contributed by atoms with Gasteiger partial charge in [0.25, 0.3) is 0 Å². The molecular formula is C9H9Cl2NO. The predicted molar refractivity (Wildman–Crippen MR) is 53.7 cm³/mol. The summed E-state index contributed by atoms with van der Waals surface area (Å²) in [6.07, 6.45) is 2.79. The first-order valence-corrected chi connectivity index (χ1v) is 4.55. The van der Waals surface area contributed by atoms with Crippen molar-refractivity contribution < 1.29 is 5.11 Å². The Morgan fingerprint density at radius 3 is 2.85 bits per heavy atom. The van der Waals surface area contributed by atoms with Crippen LogP contribution < -0.4 is 0 Å². The van der Waals surface area contributed by atoms with Crippen LogP contribution in [0.15, 0.2) is 35.0 Å². The second kappa shape index (κ2) is 5.22. The van der Waals surface area contributed by atoms with Gasteiger partial charge in [0.05, 0.1) is 6.10 Å². The van der Waals surface area contributed by atoms with E-state index in [2.05, 4.69) is 4.98 Å². The third-order valence-corrected chi connectivity index (χ3v) is 1.71. The molecule has 0 aliphatic heterocycles. The number of aromatic nitrogens is 1. The molecule has 1 atom stereocenters. The van der Waals surface area contributed by atoms with E-state index >= 15 is 0 Å². The average Bonchev–Trinajstić information content (AvgIpc) is 2.04. The largest absolute Gasteiger partial charge is 0.389 e. The number of aliphatic hydroxyl groups excluding tert-OH is 1. The number of aliphatic hydroxyl groups is 1. The summed E-state index contributed by atoms with van der Waals surface area (Å²) in [4.78, 5) is 4.05. The molecule has 1 unspecified atom stereocenters. The maximum absolute atomic E-state index is 9.39. The summed E-state index contributed by atoms with van der Waals surface area (Å²) >= 11 is 10.8. The van der Waals surface area contributed by atoms with Crippen molar-refractivity contribution in [2.24, 2.45) is 0 Å². The summed E-state index contributed by atoms with van der Waals surface area (Å²) in [5.41, 5.74) is 0.806.